The van der Waals surface area contributed by atoms with Gasteiger partial charge in [0.05, 0.1) is 11.3 Å². The van der Waals surface area contributed by atoms with E-state index in [4.69, 9.17) is 16.9 Å². The van der Waals surface area contributed by atoms with Crippen molar-refractivity contribution >= 4 is 40.4 Å². The fourth-order valence-electron chi connectivity index (χ4n) is 1.31. The van der Waals surface area contributed by atoms with Gasteiger partial charge in [0.15, 0.2) is 0 Å². The van der Waals surface area contributed by atoms with Gasteiger partial charge in [-0.3, -0.25) is 4.79 Å². The minimum absolute atomic E-state index is 0.192. The molecule has 1 aliphatic heterocycles. The quantitative estimate of drug-likeness (QED) is 0.770. The summed E-state index contributed by atoms with van der Waals surface area (Å²) in [7, 11) is 0. The first-order chi connectivity index (χ1) is 8.19. The van der Waals surface area contributed by atoms with Crippen LogP contribution in [-0.4, -0.2) is 16.7 Å². The third-order valence-electron chi connectivity index (χ3n) is 2.09. The highest BCUT2D eigenvalue weighted by Crippen LogP contribution is 2.21. The van der Waals surface area contributed by atoms with Gasteiger partial charge in [-0.15, -0.1) is 0 Å². The molecule has 3 nitrogen and oxygen atoms in total. The Labute approximate surface area is 108 Å². The molecule has 0 unspecified atom stereocenters. The van der Waals surface area contributed by atoms with Crippen LogP contribution in [0.3, 0.4) is 0 Å². The summed E-state index contributed by atoms with van der Waals surface area (Å²) in [5.41, 5.74) is 1.26. The molecule has 0 saturated heterocycles. The Kier molecular flexibility index (Phi) is 3.62. The Morgan fingerprint density at radius 2 is 2.18 bits per heavy atom. The highest BCUT2D eigenvalue weighted by molar-refractivity contribution is 8.15. The fraction of sp³-hybridized carbons (Fsp3) is 0.0833. The van der Waals surface area contributed by atoms with Crippen LogP contribution in [0, 0.1) is 11.3 Å². The van der Waals surface area contributed by atoms with Gasteiger partial charge in [-0.2, -0.15) is 5.26 Å². The number of nitrogens with zero attached hydrogens (tertiary/aromatic N) is 2. The SMILES string of the molecule is N#C/C(=C\c1ccc(Cl)cc1)C1=NC(=O)CS1. The smallest absolute Gasteiger partial charge is 0.257 e. The summed E-state index contributed by atoms with van der Waals surface area (Å²) in [4.78, 5) is 14.8. The van der Waals surface area contributed by atoms with E-state index in [0.717, 1.165) is 5.56 Å². The molecule has 0 N–H and O–H groups in total. The number of hydrogen-bond acceptors (Lipinski definition) is 3. The molecular formula is C12H7ClN2OS. The predicted molar refractivity (Wildman–Crippen MR) is 69.9 cm³/mol. The number of rotatable bonds is 2. The van der Waals surface area contributed by atoms with E-state index in [9.17, 15) is 4.79 Å². The minimum atomic E-state index is -0.192. The summed E-state index contributed by atoms with van der Waals surface area (Å²) in [6, 6.07) is 9.16. The average molecular weight is 263 g/mol. The van der Waals surface area contributed by atoms with Gasteiger partial charge in [-0.1, -0.05) is 35.5 Å². The number of carbonyl (C=O) groups excluding carboxylic acids is 1. The van der Waals surface area contributed by atoms with E-state index in [1.54, 1.807) is 18.2 Å². The van der Waals surface area contributed by atoms with Gasteiger partial charge >= 0.3 is 0 Å². The lowest BCUT2D eigenvalue weighted by atomic mass is 10.1. The summed E-state index contributed by atoms with van der Waals surface area (Å²) in [5.74, 6) is 0.122. The first kappa shape index (κ1) is 11.9. The first-order valence-electron chi connectivity index (χ1n) is 4.81. The molecule has 0 saturated carbocycles. The Morgan fingerprint density at radius 1 is 1.47 bits per heavy atom. The molecule has 17 heavy (non-hydrogen) atoms. The van der Waals surface area contributed by atoms with Gasteiger partial charge in [-0.25, -0.2) is 4.99 Å². The van der Waals surface area contributed by atoms with Crippen LogP contribution < -0.4 is 0 Å². The van der Waals surface area contributed by atoms with Gasteiger partial charge in [-0.05, 0) is 23.8 Å². The molecule has 1 aromatic rings. The molecule has 0 spiro atoms. The maximum atomic E-state index is 11.0. The number of amides is 1. The van der Waals surface area contributed by atoms with Gasteiger partial charge < -0.3 is 0 Å². The molecule has 5 heteroatoms. The summed E-state index contributed by atoms with van der Waals surface area (Å²) in [5, 5.41) is 10.2. The monoisotopic (exact) mass is 262 g/mol. The van der Waals surface area contributed by atoms with E-state index in [1.165, 1.54) is 11.8 Å². The maximum absolute atomic E-state index is 11.0. The summed E-state index contributed by atoms with van der Waals surface area (Å²) >= 11 is 7.06. The van der Waals surface area contributed by atoms with Crippen molar-refractivity contribution in [3.05, 3.63) is 40.4 Å². The highest BCUT2D eigenvalue weighted by atomic mass is 35.5. The molecule has 1 aliphatic rings. The first-order valence-corrected chi connectivity index (χ1v) is 6.17. The van der Waals surface area contributed by atoms with Crippen LogP contribution in [0.4, 0.5) is 0 Å². The fourth-order valence-corrected chi connectivity index (χ4v) is 2.19. The number of benzene rings is 1. The normalized spacial score (nSPS) is 15.6. The third kappa shape index (κ3) is 2.96. The van der Waals surface area contributed by atoms with Crippen molar-refractivity contribution in [1.29, 1.82) is 5.26 Å². The number of halogens is 1. The summed E-state index contributed by atoms with van der Waals surface area (Å²) in [6.45, 7) is 0. The van der Waals surface area contributed by atoms with Crippen LogP contribution in [0.1, 0.15) is 5.56 Å². The molecule has 0 fully saturated rings. The maximum Gasteiger partial charge on any atom is 0.257 e. The molecule has 1 heterocycles. The second-order valence-corrected chi connectivity index (χ2v) is 4.72. The van der Waals surface area contributed by atoms with E-state index in [0.29, 0.717) is 21.4 Å². The highest BCUT2D eigenvalue weighted by Gasteiger charge is 2.18. The van der Waals surface area contributed by atoms with Crippen molar-refractivity contribution < 1.29 is 4.79 Å². The molecular weight excluding hydrogens is 256 g/mol. The predicted octanol–water partition coefficient (Wildman–Crippen LogP) is 2.92. The number of aliphatic imine (C=N–C) groups is 1. The molecule has 2 rings (SSSR count). The van der Waals surface area contributed by atoms with E-state index in [-0.39, 0.29) is 5.91 Å². The Bertz CT molecular complexity index is 555. The number of thioether (sulfide) groups is 1. The van der Waals surface area contributed by atoms with Gasteiger partial charge in [0.2, 0.25) is 0 Å². The standard InChI is InChI=1S/C12H7ClN2OS/c13-10-3-1-8(2-4-10)5-9(6-14)12-15-11(16)7-17-12/h1-5H,7H2/b9-5+. The number of nitriles is 1. The third-order valence-corrected chi connectivity index (χ3v) is 3.32. The molecule has 1 amide bonds. The average Bonchev–Trinajstić information content (AvgIpc) is 2.75. The molecule has 0 aliphatic carbocycles. The largest absolute Gasteiger partial charge is 0.272 e. The molecule has 0 atom stereocenters. The summed E-state index contributed by atoms with van der Waals surface area (Å²) < 4.78 is 0. The van der Waals surface area contributed by atoms with Crippen molar-refractivity contribution in [3.8, 4) is 6.07 Å². The zero-order valence-electron chi connectivity index (χ0n) is 8.68. The molecule has 0 aromatic heterocycles. The Morgan fingerprint density at radius 3 is 2.71 bits per heavy atom. The van der Waals surface area contributed by atoms with Crippen LogP contribution in [0.25, 0.3) is 6.08 Å². The van der Waals surface area contributed by atoms with Crippen molar-refractivity contribution in [2.45, 2.75) is 0 Å². The Hall–Kier alpha value is -1.57. The van der Waals surface area contributed by atoms with E-state index in [2.05, 4.69) is 11.1 Å². The molecule has 1 aromatic carbocycles. The van der Waals surface area contributed by atoms with E-state index < -0.39 is 0 Å². The van der Waals surface area contributed by atoms with Crippen LogP contribution in [0.15, 0.2) is 34.8 Å². The van der Waals surface area contributed by atoms with Crippen molar-refractivity contribution in [2.75, 3.05) is 5.75 Å². The van der Waals surface area contributed by atoms with Gasteiger partial charge in [0.25, 0.3) is 5.91 Å². The second-order valence-electron chi connectivity index (χ2n) is 3.32. The molecule has 0 radical (unpaired) electrons. The number of carbonyl (C=O) groups is 1. The lowest BCUT2D eigenvalue weighted by Crippen LogP contribution is -1.92. The van der Waals surface area contributed by atoms with Crippen molar-refractivity contribution in [3.63, 3.8) is 0 Å². The zero-order chi connectivity index (χ0) is 12.3. The van der Waals surface area contributed by atoms with Crippen LogP contribution in [0.2, 0.25) is 5.02 Å². The van der Waals surface area contributed by atoms with Crippen LogP contribution >= 0.6 is 23.4 Å². The van der Waals surface area contributed by atoms with Crippen molar-refractivity contribution in [1.82, 2.24) is 0 Å². The van der Waals surface area contributed by atoms with Gasteiger partial charge in [0, 0.05) is 5.02 Å². The lowest BCUT2D eigenvalue weighted by Gasteiger charge is -1.97. The van der Waals surface area contributed by atoms with Crippen molar-refractivity contribution in [2.24, 2.45) is 4.99 Å². The number of hydrogen-bond donors (Lipinski definition) is 0. The second kappa shape index (κ2) is 5.17. The molecule has 0 bridgehead atoms. The minimum Gasteiger partial charge on any atom is -0.272 e. The van der Waals surface area contributed by atoms with Crippen LogP contribution in [0.5, 0.6) is 0 Å². The van der Waals surface area contributed by atoms with Gasteiger partial charge in [0.1, 0.15) is 11.1 Å². The van der Waals surface area contributed by atoms with E-state index >= 15 is 0 Å². The zero-order valence-corrected chi connectivity index (χ0v) is 10.3. The lowest BCUT2D eigenvalue weighted by molar-refractivity contribution is -0.115. The Balaban J connectivity index is 2.30. The topological polar surface area (TPSA) is 53.2 Å². The summed E-state index contributed by atoms with van der Waals surface area (Å²) in [6.07, 6.45) is 1.70. The molecule has 84 valence electrons. The van der Waals surface area contributed by atoms with E-state index in [1.807, 2.05) is 12.1 Å². The van der Waals surface area contributed by atoms with Crippen LogP contribution in [-0.2, 0) is 4.79 Å².